The van der Waals surface area contributed by atoms with Crippen LogP contribution in [-0.2, 0) is 0 Å². The number of carbonyl (C=O) groups is 2. The maximum atomic E-state index is 12.9. The Morgan fingerprint density at radius 1 is 1.06 bits per heavy atom. The van der Waals surface area contributed by atoms with Gasteiger partial charge in [-0.3, -0.25) is 15.0 Å². The largest absolute Gasteiger partial charge is 0.494 e. The number of nitrogen functional groups attached to an aromatic ring is 1. The summed E-state index contributed by atoms with van der Waals surface area (Å²) in [5.41, 5.74) is 6.49. The predicted octanol–water partition coefficient (Wildman–Crippen LogP) is 4.29. The molecule has 3 aromatic rings. The second kappa shape index (κ2) is 9.59. The first kappa shape index (κ1) is 22.3. The zero-order valence-electron chi connectivity index (χ0n) is 16.2. The number of amidine groups is 1. The van der Waals surface area contributed by atoms with Crippen LogP contribution in [0.15, 0.2) is 59.2 Å². The number of nitrogens with zero attached hydrogens (tertiary/aromatic N) is 1. The molecule has 0 aliphatic rings. The molecular weight excluding hydrogens is 486 g/mol. The van der Waals surface area contributed by atoms with Gasteiger partial charge < -0.3 is 21.1 Å². The fourth-order valence-corrected chi connectivity index (χ4v) is 3.11. The van der Waals surface area contributed by atoms with Crippen LogP contribution >= 0.6 is 27.5 Å². The molecule has 2 aromatic carbocycles. The van der Waals surface area contributed by atoms with Crippen LogP contribution in [0.3, 0.4) is 0 Å². The molecule has 0 atom stereocenters. The average Bonchev–Trinajstić information content (AvgIpc) is 2.76. The first-order valence-electron chi connectivity index (χ1n) is 8.84. The number of halogens is 2. The number of carbonyl (C=O) groups excluding carboxylic acids is 2. The molecule has 0 aliphatic carbocycles. The topological polar surface area (TPSA) is 130 Å². The van der Waals surface area contributed by atoms with Crippen LogP contribution < -0.4 is 21.1 Å². The summed E-state index contributed by atoms with van der Waals surface area (Å²) in [6.07, 6.45) is 1.54. The number of hydrogen-bond donors (Lipinski definition) is 4. The monoisotopic (exact) mass is 501 g/mol. The van der Waals surface area contributed by atoms with Gasteiger partial charge in [0.1, 0.15) is 17.4 Å². The maximum absolute atomic E-state index is 12.9. The van der Waals surface area contributed by atoms with Crippen molar-refractivity contribution in [2.75, 3.05) is 17.7 Å². The van der Waals surface area contributed by atoms with Crippen molar-refractivity contribution in [3.8, 4) is 5.75 Å². The Morgan fingerprint density at radius 2 is 1.74 bits per heavy atom. The van der Waals surface area contributed by atoms with E-state index in [-0.39, 0.29) is 27.9 Å². The first-order valence-corrected chi connectivity index (χ1v) is 10.0. The second-order valence-corrected chi connectivity index (χ2v) is 7.64. The fraction of sp³-hybridized carbons (Fsp3) is 0.0476. The van der Waals surface area contributed by atoms with Crippen molar-refractivity contribution in [3.63, 3.8) is 0 Å². The number of nitrogens with one attached hydrogen (secondary N) is 3. The van der Waals surface area contributed by atoms with E-state index in [4.69, 9.17) is 27.5 Å². The summed E-state index contributed by atoms with van der Waals surface area (Å²) in [5, 5.41) is 13.1. The van der Waals surface area contributed by atoms with Crippen LogP contribution in [0.2, 0.25) is 5.02 Å². The van der Waals surface area contributed by atoms with Gasteiger partial charge in [-0.25, -0.2) is 4.98 Å². The molecule has 0 aliphatic heterocycles. The highest BCUT2D eigenvalue weighted by Crippen LogP contribution is 2.33. The molecule has 0 fully saturated rings. The summed E-state index contributed by atoms with van der Waals surface area (Å²) in [4.78, 5) is 29.8. The molecular formula is C21H17BrClN5O3. The first-order chi connectivity index (χ1) is 14.8. The molecule has 0 saturated carbocycles. The van der Waals surface area contributed by atoms with Gasteiger partial charge >= 0.3 is 0 Å². The molecule has 10 heteroatoms. The summed E-state index contributed by atoms with van der Waals surface area (Å²) in [6.45, 7) is 0. The Labute approximate surface area is 191 Å². The third-order valence-corrected chi connectivity index (χ3v) is 4.88. The van der Waals surface area contributed by atoms with Crippen molar-refractivity contribution >= 4 is 56.7 Å². The summed E-state index contributed by atoms with van der Waals surface area (Å²) in [6, 6.07) is 12.4. The normalized spacial score (nSPS) is 10.3. The molecule has 0 bridgehead atoms. The van der Waals surface area contributed by atoms with E-state index in [2.05, 4.69) is 31.5 Å². The molecule has 31 heavy (non-hydrogen) atoms. The molecule has 0 radical (unpaired) electrons. The van der Waals surface area contributed by atoms with E-state index in [1.807, 2.05) is 0 Å². The van der Waals surface area contributed by atoms with Crippen LogP contribution in [0.25, 0.3) is 0 Å². The predicted molar refractivity (Wildman–Crippen MR) is 123 cm³/mol. The number of hydrogen-bond acceptors (Lipinski definition) is 5. The van der Waals surface area contributed by atoms with Gasteiger partial charge in [0.15, 0.2) is 0 Å². The minimum absolute atomic E-state index is 0.0998. The van der Waals surface area contributed by atoms with E-state index in [9.17, 15) is 9.59 Å². The maximum Gasteiger partial charge on any atom is 0.259 e. The van der Waals surface area contributed by atoms with Crippen molar-refractivity contribution in [2.45, 2.75) is 0 Å². The summed E-state index contributed by atoms with van der Waals surface area (Å²) < 4.78 is 6.09. The van der Waals surface area contributed by atoms with Gasteiger partial charge in [0.25, 0.3) is 11.8 Å². The molecule has 0 spiro atoms. The Kier molecular flexibility index (Phi) is 6.88. The van der Waals surface area contributed by atoms with Gasteiger partial charge in [0, 0.05) is 32.9 Å². The lowest BCUT2D eigenvalue weighted by Gasteiger charge is -2.16. The highest BCUT2D eigenvalue weighted by atomic mass is 79.9. The number of rotatable bonds is 6. The lowest BCUT2D eigenvalue weighted by Crippen LogP contribution is -2.20. The van der Waals surface area contributed by atoms with Gasteiger partial charge in [-0.1, -0.05) is 23.7 Å². The van der Waals surface area contributed by atoms with Crippen LogP contribution in [0.1, 0.15) is 26.3 Å². The van der Waals surface area contributed by atoms with E-state index in [1.54, 1.807) is 30.5 Å². The fourth-order valence-electron chi connectivity index (χ4n) is 2.67. The minimum Gasteiger partial charge on any atom is -0.494 e. The summed E-state index contributed by atoms with van der Waals surface area (Å²) in [7, 11) is 1.40. The zero-order valence-corrected chi connectivity index (χ0v) is 18.5. The lowest BCUT2D eigenvalue weighted by atomic mass is 10.1. The van der Waals surface area contributed by atoms with E-state index in [1.165, 1.54) is 31.4 Å². The third-order valence-electron chi connectivity index (χ3n) is 4.20. The van der Waals surface area contributed by atoms with Crippen molar-refractivity contribution in [1.82, 2.24) is 4.98 Å². The number of nitrogens with two attached hydrogens (primary N) is 1. The third kappa shape index (κ3) is 5.39. The lowest BCUT2D eigenvalue weighted by molar-refractivity contribution is 0.102. The van der Waals surface area contributed by atoms with Crippen LogP contribution in [0, 0.1) is 5.41 Å². The Balaban J connectivity index is 1.92. The number of pyridine rings is 1. The Morgan fingerprint density at radius 3 is 2.32 bits per heavy atom. The van der Waals surface area contributed by atoms with E-state index < -0.39 is 11.8 Å². The van der Waals surface area contributed by atoms with E-state index >= 15 is 0 Å². The molecule has 158 valence electrons. The standard InChI is InChI=1S/C21H17BrClN5O3/c1-31-16-9-14(23)8-15(21(30)27-17-7-6-13(22)10-26-17)18(16)28-20(29)12-4-2-11(3-5-12)19(24)25/h2-10H,1H3,(H3,24,25)(H,28,29)(H,26,27,30). The number of amides is 2. The van der Waals surface area contributed by atoms with Crippen LogP contribution in [0.5, 0.6) is 5.75 Å². The molecule has 0 saturated heterocycles. The van der Waals surface area contributed by atoms with Crippen molar-refractivity contribution < 1.29 is 14.3 Å². The summed E-state index contributed by atoms with van der Waals surface area (Å²) in [5.74, 6) is -0.574. The van der Waals surface area contributed by atoms with Gasteiger partial charge in [-0.05, 0) is 46.3 Å². The van der Waals surface area contributed by atoms with Gasteiger partial charge in [-0.15, -0.1) is 0 Å². The van der Waals surface area contributed by atoms with Crippen molar-refractivity contribution in [1.29, 1.82) is 5.41 Å². The Bertz CT molecular complexity index is 1150. The summed E-state index contributed by atoms with van der Waals surface area (Å²) >= 11 is 9.43. The average molecular weight is 503 g/mol. The highest BCUT2D eigenvalue weighted by molar-refractivity contribution is 9.10. The quantitative estimate of drug-likeness (QED) is 0.295. The number of methoxy groups -OCH3 is 1. The molecule has 8 nitrogen and oxygen atoms in total. The minimum atomic E-state index is -0.530. The van der Waals surface area contributed by atoms with Gasteiger partial charge in [0.2, 0.25) is 0 Å². The van der Waals surface area contributed by atoms with Crippen molar-refractivity contribution in [2.24, 2.45) is 5.73 Å². The number of anilines is 2. The molecule has 1 aromatic heterocycles. The van der Waals surface area contributed by atoms with Gasteiger partial charge in [-0.2, -0.15) is 0 Å². The van der Waals surface area contributed by atoms with Crippen molar-refractivity contribution in [3.05, 3.63) is 80.9 Å². The van der Waals surface area contributed by atoms with Crippen LogP contribution in [-0.4, -0.2) is 29.7 Å². The molecule has 5 N–H and O–H groups in total. The molecule has 1 heterocycles. The smallest absolute Gasteiger partial charge is 0.259 e. The number of ether oxygens (including phenoxy) is 1. The number of aromatic nitrogens is 1. The second-order valence-electron chi connectivity index (χ2n) is 6.29. The Hall–Kier alpha value is -3.43. The van der Waals surface area contributed by atoms with E-state index in [0.29, 0.717) is 16.9 Å². The van der Waals surface area contributed by atoms with E-state index in [0.717, 1.165) is 4.47 Å². The number of benzene rings is 2. The van der Waals surface area contributed by atoms with Gasteiger partial charge in [0.05, 0.1) is 18.4 Å². The molecule has 3 rings (SSSR count). The highest BCUT2D eigenvalue weighted by Gasteiger charge is 2.21. The molecule has 2 amide bonds. The van der Waals surface area contributed by atoms with Crippen LogP contribution in [0.4, 0.5) is 11.5 Å². The SMILES string of the molecule is COc1cc(Cl)cc(C(=O)Nc2ccc(Br)cn2)c1NC(=O)c1ccc(C(=N)N)cc1. The molecule has 0 unspecified atom stereocenters. The zero-order chi connectivity index (χ0) is 22.5.